The molecule has 2 aromatic carbocycles. The first-order valence-electron chi connectivity index (χ1n) is 7.95. The van der Waals surface area contributed by atoms with Crippen molar-refractivity contribution < 1.29 is 18.4 Å². The van der Waals surface area contributed by atoms with Crippen LogP contribution in [0.4, 0.5) is 0 Å². The second-order valence-electron chi connectivity index (χ2n) is 4.68. The molecule has 1 atom stereocenters. The van der Waals surface area contributed by atoms with Crippen LogP contribution in [0.1, 0.15) is 31.2 Å². The molecular formula is C16H18LiO3P. The molecule has 0 aromatic heterocycles. The van der Waals surface area contributed by atoms with Crippen molar-refractivity contribution in [3.8, 4) is 0 Å². The van der Waals surface area contributed by atoms with Gasteiger partial charge >= 0.3 is 56.3 Å². The molecule has 0 bridgehead atoms. The molecule has 1 N–H and O–H groups in total. The first-order chi connectivity index (χ1) is 11.1. The van der Waals surface area contributed by atoms with Gasteiger partial charge in [0.1, 0.15) is 0 Å². The van der Waals surface area contributed by atoms with Crippen LogP contribution in [-0.4, -0.2) is 28.1 Å². The fourth-order valence-electron chi connectivity index (χ4n) is 1.70. The molecule has 2 aromatic rings. The van der Waals surface area contributed by atoms with E-state index < -0.39 is 13.6 Å². The van der Waals surface area contributed by atoms with E-state index in [1.807, 2.05) is 13.8 Å². The van der Waals surface area contributed by atoms with Gasteiger partial charge in [-0.1, -0.05) is 12.1 Å². The fourth-order valence-corrected chi connectivity index (χ4v) is 2.20. The van der Waals surface area contributed by atoms with Gasteiger partial charge in [0, 0.05) is 5.56 Å². The summed E-state index contributed by atoms with van der Waals surface area (Å²) in [6.07, 6.45) is 0. The molecule has 0 aliphatic rings. The van der Waals surface area contributed by atoms with Crippen molar-refractivity contribution in [3.05, 3.63) is 64.6 Å². The molecule has 0 spiro atoms. The van der Waals surface area contributed by atoms with Crippen LogP contribution in [0, 0.1) is 20.8 Å². The average Bonchev–Trinajstić information content (AvgIpc) is 2.50. The van der Waals surface area contributed by atoms with E-state index in [0.29, 0.717) is 9.80 Å². The molecule has 0 aliphatic heterocycles. The van der Waals surface area contributed by atoms with E-state index in [4.69, 9.17) is 9.01 Å². The van der Waals surface area contributed by atoms with Gasteiger partial charge in [-0.15, -0.1) is 0 Å². The standard InChI is InChI=1S/C10H13O3P.C6H5.Li/c1-6-4-5-9(8(3)7(6)2)10(11)14(12)13;1-2-4-6-5-3-1;/h4-5,14H,1-3H3,(H,12,13);1-5H;/i;1D,4D,5D;. The fraction of sp³-hybridized carbons (Fsp3) is 0.188. The summed E-state index contributed by atoms with van der Waals surface area (Å²) < 4.78 is 33.0. The third-order valence-electron chi connectivity index (χ3n) is 3.24. The predicted octanol–water partition coefficient (Wildman–Crippen LogP) is 2.70. The Morgan fingerprint density at radius 1 is 1.19 bits per heavy atom. The third-order valence-corrected chi connectivity index (χ3v) is 3.90. The van der Waals surface area contributed by atoms with Gasteiger partial charge in [0.05, 0.1) is 0 Å². The molecule has 1 unspecified atom stereocenters. The van der Waals surface area contributed by atoms with Crippen molar-refractivity contribution in [2.75, 3.05) is 0 Å². The molecular weight excluding hydrogens is 278 g/mol. The van der Waals surface area contributed by atoms with Crippen LogP contribution in [0.2, 0.25) is 0 Å². The van der Waals surface area contributed by atoms with Crippen molar-refractivity contribution in [1.29, 1.82) is 0 Å². The first-order valence-corrected chi connectivity index (χ1v) is 7.80. The van der Waals surface area contributed by atoms with Gasteiger partial charge in [-0.05, 0) is 37.5 Å². The van der Waals surface area contributed by atoms with Gasteiger partial charge in [-0.2, -0.15) is 0 Å². The van der Waals surface area contributed by atoms with Gasteiger partial charge in [0.25, 0.3) is 8.03 Å². The maximum absolute atomic E-state index is 11.3. The molecule has 21 heavy (non-hydrogen) atoms. The molecule has 2 rings (SSSR count). The third kappa shape index (κ3) is 5.30. The van der Waals surface area contributed by atoms with E-state index in [0.717, 1.165) is 16.7 Å². The molecule has 0 saturated heterocycles. The van der Waals surface area contributed by atoms with E-state index >= 15 is 0 Å². The number of hydrogen-bond donors (Lipinski definition) is 1. The summed E-state index contributed by atoms with van der Waals surface area (Å²) in [4.78, 5) is 20.1. The van der Waals surface area contributed by atoms with Crippen LogP contribution in [0.3, 0.4) is 0 Å². The zero-order chi connectivity index (χ0) is 18.6. The molecule has 0 radical (unpaired) electrons. The number of aryl methyl sites for hydroxylation is 1. The summed E-state index contributed by atoms with van der Waals surface area (Å²) >= 11 is 1.71. The van der Waals surface area contributed by atoms with Crippen molar-refractivity contribution in [2.45, 2.75) is 20.8 Å². The topological polar surface area (TPSA) is 54.4 Å². The van der Waals surface area contributed by atoms with Gasteiger partial charge in [0.2, 0.25) is 5.52 Å². The first kappa shape index (κ1) is 13.6. The monoisotopic (exact) mass is 299 g/mol. The number of carbonyl (C=O) groups is 1. The summed E-state index contributed by atoms with van der Waals surface area (Å²) in [7, 11) is -3.10. The SMILES string of the molecule is Cc1ccc(C(=O)[PH](=O)O)c(C)c1C.[2H]c1cc([2H])[c]([Li])c([2H])c1. The van der Waals surface area contributed by atoms with Crippen LogP contribution < -0.4 is 4.24 Å². The maximum atomic E-state index is 11.3. The van der Waals surface area contributed by atoms with Crippen LogP contribution in [0.25, 0.3) is 0 Å². The number of hydrogen-bond acceptors (Lipinski definition) is 2. The molecule has 106 valence electrons. The molecule has 3 nitrogen and oxygen atoms in total. The van der Waals surface area contributed by atoms with Gasteiger partial charge < -0.3 is 4.89 Å². The Morgan fingerprint density at radius 3 is 2.29 bits per heavy atom. The Hall–Kier alpha value is -1.10. The van der Waals surface area contributed by atoms with Gasteiger partial charge in [0.15, 0.2) is 0 Å². The molecule has 0 fully saturated rings. The quantitative estimate of drug-likeness (QED) is 0.685. The second kappa shape index (κ2) is 8.37. The Labute approximate surface area is 139 Å². The Bertz CT molecular complexity index is 786. The van der Waals surface area contributed by atoms with Crippen molar-refractivity contribution in [1.82, 2.24) is 0 Å². The molecule has 0 saturated carbocycles. The minimum absolute atomic E-state index is 0.237. The summed E-state index contributed by atoms with van der Waals surface area (Å²) in [5, 5.41) is 0. The molecule has 0 amide bonds. The van der Waals surface area contributed by atoms with E-state index in [2.05, 4.69) is 0 Å². The minimum atomic E-state index is -3.10. The Kier molecular flexibility index (Phi) is 5.40. The summed E-state index contributed by atoms with van der Waals surface area (Å²) in [5.74, 6) is 0. The van der Waals surface area contributed by atoms with E-state index in [1.54, 1.807) is 36.8 Å². The van der Waals surface area contributed by atoms with E-state index in [9.17, 15) is 9.36 Å². The number of carbonyl (C=O) groups excluding carboxylic acids is 1. The normalized spacial score (nSPS) is 13.3. The van der Waals surface area contributed by atoms with E-state index in [-0.39, 0.29) is 18.1 Å². The molecule has 0 aliphatic carbocycles. The summed E-state index contributed by atoms with van der Waals surface area (Å²) in [6, 6.07) is 7.07. The zero-order valence-electron chi connectivity index (χ0n) is 15.6. The number of rotatable bonds is 2. The second-order valence-corrected chi connectivity index (χ2v) is 5.75. The molecule has 5 heteroatoms. The summed E-state index contributed by atoms with van der Waals surface area (Å²) in [5.41, 5.74) is 2.58. The summed E-state index contributed by atoms with van der Waals surface area (Å²) in [6.45, 7) is 5.63. The van der Waals surface area contributed by atoms with Crippen LogP contribution in [0.15, 0.2) is 42.4 Å². The van der Waals surface area contributed by atoms with Crippen LogP contribution in [-0.2, 0) is 4.57 Å². The van der Waals surface area contributed by atoms with Crippen LogP contribution >= 0.6 is 8.03 Å². The van der Waals surface area contributed by atoms with Crippen LogP contribution in [0.5, 0.6) is 0 Å². The number of benzene rings is 2. The zero-order valence-corrected chi connectivity index (χ0v) is 13.6. The van der Waals surface area contributed by atoms with Gasteiger partial charge in [-0.25, -0.2) is 0 Å². The van der Waals surface area contributed by atoms with Crippen molar-refractivity contribution in [3.63, 3.8) is 0 Å². The van der Waals surface area contributed by atoms with Crippen molar-refractivity contribution >= 4 is 35.5 Å². The molecule has 0 heterocycles. The van der Waals surface area contributed by atoms with Crippen molar-refractivity contribution in [2.24, 2.45) is 0 Å². The average molecular weight is 299 g/mol. The van der Waals surface area contributed by atoms with E-state index in [1.165, 1.54) is 12.1 Å². The Balaban J connectivity index is 0.000000254. The Morgan fingerprint density at radius 2 is 1.76 bits per heavy atom. The van der Waals surface area contributed by atoms with Gasteiger partial charge in [-0.3, -0.25) is 9.36 Å². The predicted molar refractivity (Wildman–Crippen MR) is 88.0 cm³/mol.